The quantitative estimate of drug-likeness (QED) is 0.883. The van der Waals surface area contributed by atoms with Crippen molar-refractivity contribution in [2.45, 2.75) is 40.2 Å². The number of pyridine rings is 1. The van der Waals surface area contributed by atoms with Gasteiger partial charge in [0, 0.05) is 6.20 Å². The molecule has 0 saturated heterocycles. The molecule has 1 heterocycles. The molecular formula is C18H24N2. The maximum Gasteiger partial charge on any atom is 0.0754 e. The van der Waals surface area contributed by atoms with E-state index < -0.39 is 0 Å². The summed E-state index contributed by atoms with van der Waals surface area (Å²) in [5.41, 5.74) is 6.33. The second-order valence-electron chi connectivity index (χ2n) is 5.44. The average molecular weight is 268 g/mol. The third-order valence-electron chi connectivity index (χ3n) is 3.79. The highest BCUT2D eigenvalue weighted by Gasteiger charge is 2.17. The Hall–Kier alpha value is -1.67. The molecule has 0 spiro atoms. The van der Waals surface area contributed by atoms with E-state index in [4.69, 9.17) is 0 Å². The summed E-state index contributed by atoms with van der Waals surface area (Å²) in [4.78, 5) is 4.60. The normalized spacial score (nSPS) is 12.4. The molecule has 106 valence electrons. The minimum absolute atomic E-state index is 0.176. The minimum atomic E-state index is 0.176. The Bertz CT molecular complexity index is 575. The van der Waals surface area contributed by atoms with E-state index in [9.17, 15) is 0 Å². The summed E-state index contributed by atoms with van der Waals surface area (Å²) in [6.45, 7) is 9.63. The van der Waals surface area contributed by atoms with Crippen molar-refractivity contribution in [3.05, 3.63) is 64.5 Å². The van der Waals surface area contributed by atoms with E-state index >= 15 is 0 Å². The van der Waals surface area contributed by atoms with Gasteiger partial charge in [-0.25, -0.2) is 0 Å². The number of nitrogens with one attached hydrogen (secondary N) is 1. The molecule has 2 aromatic rings. The summed E-state index contributed by atoms with van der Waals surface area (Å²) >= 11 is 0. The van der Waals surface area contributed by atoms with Crippen molar-refractivity contribution in [2.24, 2.45) is 0 Å². The molecule has 1 N–H and O–H groups in total. The fourth-order valence-electron chi connectivity index (χ4n) is 2.41. The predicted molar refractivity (Wildman–Crippen MR) is 85.0 cm³/mol. The molecule has 1 aromatic carbocycles. The Kier molecular flexibility index (Phi) is 4.91. The van der Waals surface area contributed by atoms with Crippen molar-refractivity contribution < 1.29 is 0 Å². The Morgan fingerprint density at radius 1 is 1.05 bits per heavy atom. The molecule has 20 heavy (non-hydrogen) atoms. The van der Waals surface area contributed by atoms with Crippen LogP contribution in [0, 0.1) is 20.8 Å². The van der Waals surface area contributed by atoms with Crippen LogP contribution in [0.2, 0.25) is 0 Å². The van der Waals surface area contributed by atoms with Crippen LogP contribution < -0.4 is 5.32 Å². The van der Waals surface area contributed by atoms with E-state index in [-0.39, 0.29) is 6.04 Å². The van der Waals surface area contributed by atoms with Gasteiger partial charge in [0.1, 0.15) is 0 Å². The molecule has 0 bridgehead atoms. The van der Waals surface area contributed by atoms with Crippen molar-refractivity contribution in [2.75, 3.05) is 6.54 Å². The van der Waals surface area contributed by atoms with Crippen LogP contribution in [0.4, 0.5) is 0 Å². The van der Waals surface area contributed by atoms with Gasteiger partial charge in [0.15, 0.2) is 0 Å². The van der Waals surface area contributed by atoms with Crippen LogP contribution in [0.1, 0.15) is 47.3 Å². The van der Waals surface area contributed by atoms with E-state index in [2.05, 4.69) is 62.3 Å². The number of rotatable bonds is 5. The van der Waals surface area contributed by atoms with Crippen LogP contribution in [0.3, 0.4) is 0 Å². The van der Waals surface area contributed by atoms with Gasteiger partial charge >= 0.3 is 0 Å². The zero-order valence-electron chi connectivity index (χ0n) is 12.9. The van der Waals surface area contributed by atoms with E-state index in [0.717, 1.165) is 18.7 Å². The average Bonchev–Trinajstić information content (AvgIpc) is 2.44. The Morgan fingerprint density at radius 2 is 1.85 bits per heavy atom. The second-order valence-corrected chi connectivity index (χ2v) is 5.44. The summed E-state index contributed by atoms with van der Waals surface area (Å²) in [5.74, 6) is 0. The summed E-state index contributed by atoms with van der Waals surface area (Å²) in [6, 6.07) is 11.0. The highest BCUT2D eigenvalue weighted by molar-refractivity contribution is 5.37. The fraction of sp³-hybridized carbons (Fsp3) is 0.389. The van der Waals surface area contributed by atoms with Crippen molar-refractivity contribution in [1.29, 1.82) is 0 Å². The maximum atomic E-state index is 4.60. The van der Waals surface area contributed by atoms with Gasteiger partial charge in [0.25, 0.3) is 0 Å². The molecule has 1 aromatic heterocycles. The molecule has 2 heteroatoms. The van der Waals surface area contributed by atoms with Gasteiger partial charge < -0.3 is 5.32 Å². The van der Waals surface area contributed by atoms with Crippen LogP contribution in [0.25, 0.3) is 0 Å². The molecule has 0 saturated carbocycles. The van der Waals surface area contributed by atoms with Gasteiger partial charge in [-0.15, -0.1) is 0 Å². The smallest absolute Gasteiger partial charge is 0.0754 e. The molecule has 0 aliphatic rings. The third kappa shape index (κ3) is 3.26. The van der Waals surface area contributed by atoms with Gasteiger partial charge in [0.05, 0.1) is 11.7 Å². The van der Waals surface area contributed by atoms with Crippen molar-refractivity contribution in [1.82, 2.24) is 10.3 Å². The molecule has 1 unspecified atom stereocenters. The molecule has 2 rings (SSSR count). The molecule has 1 atom stereocenters. The second kappa shape index (κ2) is 6.67. The number of benzene rings is 1. The minimum Gasteiger partial charge on any atom is -0.305 e. The van der Waals surface area contributed by atoms with Gasteiger partial charge in [0.2, 0.25) is 0 Å². The Balaban J connectivity index is 2.41. The van der Waals surface area contributed by atoms with Gasteiger partial charge in [-0.2, -0.15) is 0 Å². The number of hydrogen-bond acceptors (Lipinski definition) is 2. The lowest BCUT2D eigenvalue weighted by molar-refractivity contribution is 0.583. The molecule has 0 aliphatic carbocycles. The third-order valence-corrected chi connectivity index (χ3v) is 3.79. The number of aryl methyl sites for hydroxylation is 3. The van der Waals surface area contributed by atoms with E-state index in [1.54, 1.807) is 0 Å². The van der Waals surface area contributed by atoms with Gasteiger partial charge in [-0.3, -0.25) is 4.98 Å². The topological polar surface area (TPSA) is 24.9 Å². The summed E-state index contributed by atoms with van der Waals surface area (Å²) in [6.07, 6.45) is 3.00. The van der Waals surface area contributed by atoms with E-state index in [0.29, 0.717) is 0 Å². The van der Waals surface area contributed by atoms with Crippen molar-refractivity contribution >= 4 is 0 Å². The molecule has 0 fully saturated rings. The first-order chi connectivity index (χ1) is 9.63. The van der Waals surface area contributed by atoms with Crippen LogP contribution in [0.15, 0.2) is 36.5 Å². The maximum absolute atomic E-state index is 4.60. The molecule has 0 aliphatic heterocycles. The van der Waals surface area contributed by atoms with Gasteiger partial charge in [-0.1, -0.05) is 31.2 Å². The zero-order chi connectivity index (χ0) is 14.5. The number of nitrogens with zero attached hydrogens (tertiary/aromatic N) is 1. The lowest BCUT2D eigenvalue weighted by Gasteiger charge is -2.21. The standard InChI is InChI=1S/C18H24N2/c1-5-10-19-18(17-14(3)7-6-11-20-17)16-9-8-13(2)15(4)12-16/h6-9,11-12,18-19H,5,10H2,1-4H3. The highest BCUT2D eigenvalue weighted by Crippen LogP contribution is 2.24. The SMILES string of the molecule is CCCNC(c1ccc(C)c(C)c1)c1ncccc1C. The van der Waals surface area contributed by atoms with Crippen molar-refractivity contribution in [3.63, 3.8) is 0 Å². The summed E-state index contributed by atoms with van der Waals surface area (Å²) in [5, 5.41) is 3.63. The van der Waals surface area contributed by atoms with Crippen molar-refractivity contribution in [3.8, 4) is 0 Å². The Morgan fingerprint density at radius 3 is 2.50 bits per heavy atom. The number of hydrogen-bond donors (Lipinski definition) is 1. The van der Waals surface area contributed by atoms with Crippen LogP contribution in [0.5, 0.6) is 0 Å². The van der Waals surface area contributed by atoms with Crippen LogP contribution in [-0.4, -0.2) is 11.5 Å². The molecular weight excluding hydrogens is 244 g/mol. The first kappa shape index (κ1) is 14.7. The zero-order valence-corrected chi connectivity index (χ0v) is 12.9. The lowest BCUT2D eigenvalue weighted by Crippen LogP contribution is -2.25. The fourth-order valence-corrected chi connectivity index (χ4v) is 2.41. The largest absolute Gasteiger partial charge is 0.305 e. The lowest BCUT2D eigenvalue weighted by atomic mass is 9.96. The van der Waals surface area contributed by atoms with Crippen LogP contribution in [-0.2, 0) is 0 Å². The van der Waals surface area contributed by atoms with Gasteiger partial charge in [-0.05, 0) is 62.1 Å². The van der Waals surface area contributed by atoms with E-state index in [1.807, 2.05) is 12.3 Å². The molecule has 2 nitrogen and oxygen atoms in total. The highest BCUT2D eigenvalue weighted by atomic mass is 14.9. The summed E-state index contributed by atoms with van der Waals surface area (Å²) < 4.78 is 0. The number of aromatic nitrogens is 1. The monoisotopic (exact) mass is 268 g/mol. The molecule has 0 radical (unpaired) electrons. The Labute approximate surface area is 122 Å². The van der Waals surface area contributed by atoms with E-state index in [1.165, 1.54) is 22.3 Å². The summed E-state index contributed by atoms with van der Waals surface area (Å²) in [7, 11) is 0. The molecule has 0 amide bonds. The first-order valence-electron chi connectivity index (χ1n) is 7.35. The van der Waals surface area contributed by atoms with Crippen LogP contribution >= 0.6 is 0 Å². The first-order valence-corrected chi connectivity index (χ1v) is 7.35. The predicted octanol–water partition coefficient (Wildman–Crippen LogP) is 4.10.